The van der Waals surface area contributed by atoms with Gasteiger partial charge in [-0.2, -0.15) is 0 Å². The molecule has 0 saturated carbocycles. The van der Waals surface area contributed by atoms with E-state index in [4.69, 9.17) is 4.42 Å². The number of hydrogen-bond acceptors (Lipinski definition) is 4. The van der Waals surface area contributed by atoms with Gasteiger partial charge in [-0.15, -0.1) is 11.3 Å². The summed E-state index contributed by atoms with van der Waals surface area (Å²) in [4.78, 5) is 5.18. The topological polar surface area (TPSA) is 19.6 Å². The Morgan fingerprint density at radius 3 is 1.67 bits per heavy atom. The maximum atomic E-state index is 7.27. The number of furan rings is 1. The third-order valence-electron chi connectivity index (χ3n) is 14.6. The summed E-state index contributed by atoms with van der Waals surface area (Å²) >= 11 is 1.90. The molecule has 3 nitrogen and oxygen atoms in total. The van der Waals surface area contributed by atoms with Crippen molar-refractivity contribution in [3.63, 3.8) is 0 Å². The maximum Gasteiger partial charge on any atom is 0.333 e. The minimum atomic E-state index is -0.226. The van der Waals surface area contributed by atoms with Gasteiger partial charge < -0.3 is 14.1 Å². The van der Waals surface area contributed by atoms with Crippen molar-refractivity contribution in [1.82, 2.24) is 0 Å². The van der Waals surface area contributed by atoms with Crippen molar-refractivity contribution in [2.75, 3.05) is 9.71 Å². The fraction of sp³-hybridized carbons (Fsp3) is 0. The average Bonchev–Trinajstić information content (AvgIpc) is 3.99. The lowest BCUT2D eigenvalue weighted by Gasteiger charge is -2.46. The number of rotatable bonds is 5. The van der Waals surface area contributed by atoms with Crippen LogP contribution in [-0.2, 0) is 0 Å². The molecule has 4 heterocycles. The average molecular weight is 895 g/mol. The Kier molecular flexibility index (Phi) is 8.33. The van der Waals surface area contributed by atoms with Crippen LogP contribution in [-0.4, -0.2) is 6.85 Å². The monoisotopic (exact) mass is 894 g/mol. The van der Waals surface area contributed by atoms with E-state index < -0.39 is 0 Å². The number of anilines is 5. The summed E-state index contributed by atoms with van der Waals surface area (Å²) in [6.45, 7) is -0.226. The van der Waals surface area contributed by atoms with Gasteiger partial charge >= 0.3 is 6.85 Å². The van der Waals surface area contributed by atoms with Gasteiger partial charge in [-0.05, 0) is 121 Å². The molecule has 0 unspecified atom stereocenters. The fourth-order valence-corrected chi connectivity index (χ4v) is 12.7. The molecular formula is C64H39BN2OS. The molecule has 5 heteroatoms. The molecule has 0 fully saturated rings. The molecule has 2 aliphatic rings. The van der Waals surface area contributed by atoms with Crippen molar-refractivity contribution in [2.24, 2.45) is 0 Å². The zero-order valence-corrected chi connectivity index (χ0v) is 38.1. The number of thiophene rings is 1. The zero-order valence-electron chi connectivity index (χ0n) is 37.3. The number of benzene rings is 11. The molecule has 0 saturated heterocycles. The molecule has 11 aromatic carbocycles. The Bertz CT molecular complexity index is 4180. The van der Waals surface area contributed by atoms with Gasteiger partial charge in [0.05, 0.1) is 16.1 Å². The maximum absolute atomic E-state index is 7.27. The lowest BCUT2D eigenvalue weighted by molar-refractivity contribution is 0.670. The Labute approximate surface area is 403 Å². The standard InChI is InChI=1S/C64H39BN2OS/c1-4-14-40(15-5-1)43-24-29-48(30-25-43)66-57-35-28-47(42-18-8-3-9-19-42)37-56(57)65-60-54(39-55-50-22-12-13-23-59(50)69-64(55)62(60)66)51-33-34-52-53-36-45-20-10-11-21-46(45)38-58(53)68-63(52)61(51)67(65)49-31-26-44(27-32-49)41-16-6-2-7-17-41/h1-39H. The van der Waals surface area contributed by atoms with E-state index in [0.29, 0.717) is 0 Å². The highest BCUT2D eigenvalue weighted by atomic mass is 32.1. The summed E-state index contributed by atoms with van der Waals surface area (Å²) in [7, 11) is 0. The molecule has 0 atom stereocenters. The predicted molar refractivity (Wildman–Crippen MR) is 294 cm³/mol. The first-order valence-electron chi connectivity index (χ1n) is 23.7. The van der Waals surface area contributed by atoms with E-state index >= 15 is 0 Å². The minimum Gasteiger partial charge on any atom is -0.454 e. The van der Waals surface area contributed by atoms with Crippen LogP contribution in [0.25, 0.3) is 97.4 Å². The molecule has 2 aliphatic heterocycles. The van der Waals surface area contributed by atoms with Crippen LogP contribution in [0.1, 0.15) is 0 Å². The minimum absolute atomic E-state index is 0.226. The van der Waals surface area contributed by atoms with Gasteiger partial charge in [-0.25, -0.2) is 0 Å². The van der Waals surface area contributed by atoms with Crippen LogP contribution < -0.4 is 20.6 Å². The smallest absolute Gasteiger partial charge is 0.333 e. The first-order valence-corrected chi connectivity index (χ1v) is 24.5. The van der Waals surface area contributed by atoms with E-state index in [1.165, 1.54) is 86.5 Å². The van der Waals surface area contributed by atoms with E-state index in [9.17, 15) is 0 Å². The zero-order chi connectivity index (χ0) is 45.2. The first-order chi connectivity index (χ1) is 34.2. The van der Waals surface area contributed by atoms with Crippen molar-refractivity contribution in [2.45, 2.75) is 0 Å². The van der Waals surface area contributed by atoms with Gasteiger partial charge in [0.1, 0.15) is 5.58 Å². The third kappa shape index (κ3) is 5.81. The van der Waals surface area contributed by atoms with Crippen LogP contribution in [0, 0.1) is 0 Å². The lowest BCUT2D eigenvalue weighted by atomic mass is 9.43. The quantitative estimate of drug-likeness (QED) is 0.161. The summed E-state index contributed by atoms with van der Waals surface area (Å²) in [6, 6.07) is 87.0. The molecule has 0 radical (unpaired) electrons. The Morgan fingerprint density at radius 1 is 0.391 bits per heavy atom. The largest absolute Gasteiger partial charge is 0.454 e. The van der Waals surface area contributed by atoms with Gasteiger partial charge in [0.2, 0.25) is 0 Å². The number of nitrogens with zero attached hydrogens (tertiary/aromatic N) is 2. The van der Waals surface area contributed by atoms with Crippen LogP contribution in [0.3, 0.4) is 0 Å². The molecule has 0 N–H and O–H groups in total. The molecule has 0 spiro atoms. The summed E-state index contributed by atoms with van der Waals surface area (Å²) in [5, 5.41) is 7.14. The van der Waals surface area contributed by atoms with Crippen LogP contribution in [0.2, 0.25) is 0 Å². The second-order valence-electron chi connectivity index (χ2n) is 18.4. The Hall–Kier alpha value is -8.64. The molecule has 15 rings (SSSR count). The molecule has 69 heavy (non-hydrogen) atoms. The molecule has 13 aromatic rings. The summed E-state index contributed by atoms with van der Waals surface area (Å²) in [5.74, 6) is 0. The lowest BCUT2D eigenvalue weighted by Crippen LogP contribution is -2.61. The summed E-state index contributed by atoms with van der Waals surface area (Å²) in [6.07, 6.45) is 0. The predicted octanol–water partition coefficient (Wildman–Crippen LogP) is 16.8. The molecule has 2 aromatic heterocycles. The van der Waals surface area contributed by atoms with E-state index in [2.05, 4.69) is 246 Å². The van der Waals surface area contributed by atoms with Crippen molar-refractivity contribution < 1.29 is 4.42 Å². The van der Waals surface area contributed by atoms with Crippen molar-refractivity contribution in [3.8, 4) is 44.5 Å². The highest BCUT2D eigenvalue weighted by Gasteiger charge is 2.47. The van der Waals surface area contributed by atoms with Crippen molar-refractivity contribution in [1.29, 1.82) is 0 Å². The van der Waals surface area contributed by atoms with Gasteiger partial charge in [0.15, 0.2) is 5.58 Å². The summed E-state index contributed by atoms with van der Waals surface area (Å²) < 4.78 is 9.83. The number of hydrogen-bond donors (Lipinski definition) is 0. The van der Waals surface area contributed by atoms with E-state index in [0.717, 1.165) is 50.3 Å². The SMILES string of the molecule is c1ccc(-c2ccc(N3B4c5cc(-c6ccccc6)ccc5N(c5ccc(-c6ccccc6)cc5)c5c4c(cc4c5sc5ccccc54)-c4ccc5c(oc6cc7ccccc7cc65)c43)cc2)cc1. The first kappa shape index (κ1) is 38.5. The van der Waals surface area contributed by atoms with Crippen LogP contribution in [0.5, 0.6) is 0 Å². The number of fused-ring (bicyclic) bond motifs is 13. The van der Waals surface area contributed by atoms with Gasteiger partial charge in [-0.3, -0.25) is 0 Å². The second-order valence-corrected chi connectivity index (χ2v) is 19.4. The van der Waals surface area contributed by atoms with E-state index in [1.54, 1.807) is 0 Å². The van der Waals surface area contributed by atoms with Crippen LogP contribution in [0.15, 0.2) is 241 Å². The Balaban J connectivity index is 1.08. The molecule has 0 amide bonds. The second kappa shape index (κ2) is 14.9. The highest BCUT2D eigenvalue weighted by Crippen LogP contribution is 2.54. The third-order valence-corrected chi connectivity index (χ3v) is 15.8. The van der Waals surface area contributed by atoms with Crippen molar-refractivity contribution >= 4 is 110 Å². The van der Waals surface area contributed by atoms with E-state index in [-0.39, 0.29) is 6.85 Å². The van der Waals surface area contributed by atoms with Gasteiger partial charge in [0.25, 0.3) is 0 Å². The van der Waals surface area contributed by atoms with Crippen LogP contribution in [0.4, 0.5) is 28.4 Å². The molecule has 0 bridgehead atoms. The normalized spacial score (nSPS) is 12.8. The molecular weight excluding hydrogens is 856 g/mol. The fourth-order valence-electron chi connectivity index (χ4n) is 11.4. The highest BCUT2D eigenvalue weighted by molar-refractivity contribution is 7.26. The summed E-state index contributed by atoms with van der Waals surface area (Å²) in [5.41, 5.74) is 19.5. The van der Waals surface area contributed by atoms with Crippen LogP contribution >= 0.6 is 11.3 Å². The Morgan fingerprint density at radius 2 is 0.971 bits per heavy atom. The molecule has 0 aliphatic carbocycles. The van der Waals surface area contributed by atoms with Gasteiger partial charge in [0, 0.05) is 48.9 Å². The molecule has 320 valence electrons. The van der Waals surface area contributed by atoms with E-state index in [1.807, 2.05) is 11.3 Å². The van der Waals surface area contributed by atoms with Gasteiger partial charge in [-0.1, -0.05) is 176 Å². The van der Waals surface area contributed by atoms with Crippen molar-refractivity contribution in [3.05, 3.63) is 237 Å².